The number of hydrogen-bond acceptors (Lipinski definition) is 7. The minimum Gasteiger partial charge on any atom is -0.414 e. The van der Waals surface area contributed by atoms with Gasteiger partial charge in [0.05, 0.1) is 22.9 Å². The van der Waals surface area contributed by atoms with Gasteiger partial charge in [0.15, 0.2) is 36.7 Å². The van der Waals surface area contributed by atoms with Gasteiger partial charge in [0.25, 0.3) is 5.56 Å². The molecule has 3 N–H and O–H groups in total. The summed E-state index contributed by atoms with van der Waals surface area (Å²) in [6.07, 6.45) is -0.187. The predicted molar refractivity (Wildman–Crippen MR) is 184 cm³/mol. The number of fused-ring (bicyclic) bond motifs is 1. The highest BCUT2D eigenvalue weighted by Crippen LogP contribution is 2.47. The van der Waals surface area contributed by atoms with Crippen LogP contribution in [0.15, 0.2) is 15.6 Å². The number of ether oxygens (including phenoxy) is 1. The van der Waals surface area contributed by atoms with E-state index < -0.39 is 37.3 Å². The van der Waals surface area contributed by atoms with Crippen LogP contribution in [0.5, 0.6) is 0 Å². The van der Waals surface area contributed by atoms with E-state index in [9.17, 15) is 4.79 Å². The summed E-state index contributed by atoms with van der Waals surface area (Å²) in [7, 11) is -6.70. The van der Waals surface area contributed by atoms with Gasteiger partial charge in [-0.25, -0.2) is 4.98 Å². The van der Waals surface area contributed by atoms with Gasteiger partial charge in [0.2, 0.25) is 0 Å². The van der Waals surface area contributed by atoms with Crippen molar-refractivity contribution in [2.75, 3.05) is 12.3 Å². The van der Waals surface area contributed by atoms with E-state index in [4.69, 9.17) is 23.7 Å². The molecule has 1 saturated heterocycles. The molecule has 1 fully saturated rings. The van der Waals surface area contributed by atoms with E-state index in [1.54, 1.807) is 6.33 Å². The fourth-order valence-corrected chi connectivity index (χ4v) is 8.29. The van der Waals surface area contributed by atoms with Crippen molar-refractivity contribution in [3.8, 4) is 0 Å². The summed E-state index contributed by atoms with van der Waals surface area (Å²) in [4.78, 5) is 20.0. The number of anilines is 1. The molecule has 9 nitrogen and oxygen atoms in total. The van der Waals surface area contributed by atoms with Gasteiger partial charge < -0.3 is 28.7 Å². The summed E-state index contributed by atoms with van der Waals surface area (Å²) in [5.41, 5.74) is 6.69. The van der Waals surface area contributed by atoms with Crippen LogP contribution in [0.3, 0.4) is 0 Å². The first-order valence-electron chi connectivity index (χ1n) is 14.9. The highest BCUT2D eigenvalue weighted by Gasteiger charge is 2.55. The molecule has 0 aromatic carbocycles. The fraction of sp³-hybridized carbons (Fsp3) is 0.793. The van der Waals surface area contributed by atoms with Crippen LogP contribution in [-0.4, -0.2) is 64.4 Å². The second-order valence-corrected chi connectivity index (χ2v) is 31.5. The van der Waals surface area contributed by atoms with Crippen LogP contribution < -0.4 is 11.3 Å². The summed E-state index contributed by atoms with van der Waals surface area (Å²) in [6.45, 7) is 34.1. The molecule has 0 spiro atoms. The van der Waals surface area contributed by atoms with Crippen LogP contribution in [0.4, 0.5) is 5.82 Å². The topological polar surface area (TPSA) is 114 Å². The Hall–Kier alpha value is -0.809. The fourth-order valence-electron chi connectivity index (χ4n) is 4.18. The van der Waals surface area contributed by atoms with E-state index >= 15 is 0 Å². The molecule has 0 radical (unpaired) electrons. The molecule has 2 aromatic rings. The molecular weight excluding hydrogens is 649 g/mol. The molecular formula is C29H55BrN4O5Si3. The molecule has 4 atom stereocenters. The molecule has 1 aliphatic heterocycles. The Morgan fingerprint density at radius 1 is 0.905 bits per heavy atom. The van der Waals surface area contributed by atoms with E-state index in [-0.39, 0.29) is 44.2 Å². The number of aromatic amines is 1. The lowest BCUT2D eigenvalue weighted by molar-refractivity contribution is -0.0468. The molecule has 0 unspecified atom stereocenters. The second kappa shape index (κ2) is 11.5. The summed E-state index contributed by atoms with van der Waals surface area (Å²) in [5, 5.41) is -0.0281. The predicted octanol–water partition coefficient (Wildman–Crippen LogP) is 7.77. The van der Waals surface area contributed by atoms with Gasteiger partial charge in [0.1, 0.15) is 24.1 Å². The Morgan fingerprint density at radius 3 is 1.86 bits per heavy atom. The van der Waals surface area contributed by atoms with Crippen molar-refractivity contribution >= 4 is 57.7 Å². The molecule has 0 saturated carbocycles. The van der Waals surface area contributed by atoms with Gasteiger partial charge in [0, 0.05) is 0 Å². The molecule has 0 amide bonds. The average molecular weight is 704 g/mol. The highest BCUT2D eigenvalue weighted by molar-refractivity contribution is 9.10. The van der Waals surface area contributed by atoms with Crippen LogP contribution >= 0.6 is 15.9 Å². The van der Waals surface area contributed by atoms with Crippen LogP contribution in [0, 0.1) is 0 Å². The third-order valence-electron chi connectivity index (χ3n) is 10.1. The molecule has 13 heteroatoms. The second-order valence-electron chi connectivity index (χ2n) is 16.4. The lowest BCUT2D eigenvalue weighted by Crippen LogP contribution is -2.54. The monoisotopic (exact) mass is 702 g/mol. The maximum atomic E-state index is 12.8. The summed E-state index contributed by atoms with van der Waals surface area (Å²) in [6, 6.07) is 0. The van der Waals surface area contributed by atoms with Gasteiger partial charge in [-0.1, -0.05) is 62.3 Å². The third-order valence-corrected chi connectivity index (χ3v) is 24.4. The van der Waals surface area contributed by atoms with Crippen molar-refractivity contribution in [3.63, 3.8) is 0 Å². The lowest BCUT2D eigenvalue weighted by atomic mass is 10.1. The van der Waals surface area contributed by atoms with Gasteiger partial charge in [-0.15, -0.1) is 0 Å². The van der Waals surface area contributed by atoms with Crippen LogP contribution in [0.2, 0.25) is 54.4 Å². The van der Waals surface area contributed by atoms with Crippen molar-refractivity contribution in [1.29, 1.82) is 0 Å². The maximum absolute atomic E-state index is 12.8. The average Bonchev–Trinajstić information content (AvgIpc) is 3.36. The van der Waals surface area contributed by atoms with Gasteiger partial charge in [-0.2, -0.15) is 0 Å². The first-order valence-corrected chi connectivity index (χ1v) is 24.4. The normalized spacial score (nSPS) is 23.2. The number of pyridine rings is 1. The standard InChI is InChI=1S/C29H55BrN4O5Si3/c1-27(2,3)40(10,11)36-16-18-22(38-41(12,13)28(4,5)6)23(39-42(14,15)29(7,8)9)26(37-18)34-17-32-20-21(34)19(30)24(31)33-25(20)35/h17-18,22-23,26H,16H2,1-15H3,(H3,31,33,35)/t18-,22-,23-,26-/m1/s1. The Morgan fingerprint density at radius 2 is 1.38 bits per heavy atom. The number of nitrogen functional groups attached to an aromatic ring is 1. The largest absolute Gasteiger partial charge is 0.414 e. The van der Waals surface area contributed by atoms with Crippen molar-refractivity contribution in [1.82, 2.24) is 14.5 Å². The SMILES string of the molecule is CC(C)(C)[Si](C)(C)OC[C@H]1O[C@@H](n2cnc3c(=O)[nH]c(N)c(Br)c32)[C@H](O[Si](C)(C)C(C)(C)C)[C@@H]1O[Si](C)(C)C(C)(C)C. The number of H-pyrrole nitrogens is 1. The first kappa shape index (κ1) is 35.7. The van der Waals surface area contributed by atoms with Crippen molar-refractivity contribution in [2.45, 2.75) is 141 Å². The van der Waals surface area contributed by atoms with Crippen LogP contribution in [0.25, 0.3) is 11.0 Å². The Bertz CT molecular complexity index is 1340. The molecule has 42 heavy (non-hydrogen) atoms. The number of nitrogens with one attached hydrogen (secondary N) is 1. The highest BCUT2D eigenvalue weighted by atomic mass is 79.9. The van der Waals surface area contributed by atoms with Crippen molar-refractivity contribution in [3.05, 3.63) is 21.2 Å². The smallest absolute Gasteiger partial charge is 0.277 e. The van der Waals surface area contributed by atoms with Crippen molar-refractivity contribution in [2.24, 2.45) is 0 Å². The molecule has 0 bridgehead atoms. The van der Waals surface area contributed by atoms with E-state index in [1.165, 1.54) is 0 Å². The Labute approximate surface area is 264 Å². The number of rotatable bonds is 8. The summed E-state index contributed by atoms with van der Waals surface area (Å²) < 4.78 is 30.6. The third kappa shape index (κ3) is 6.87. The first-order chi connectivity index (χ1) is 18.7. The number of aromatic nitrogens is 3. The summed E-state index contributed by atoms with van der Waals surface area (Å²) >= 11 is 3.60. The molecule has 1 aliphatic rings. The Kier molecular flexibility index (Phi) is 9.79. The van der Waals surface area contributed by atoms with E-state index in [0.29, 0.717) is 16.6 Å². The van der Waals surface area contributed by atoms with Crippen LogP contribution in [-0.2, 0) is 18.0 Å². The van der Waals surface area contributed by atoms with Gasteiger partial charge >= 0.3 is 0 Å². The zero-order valence-corrected chi connectivity index (χ0v) is 33.1. The Balaban J connectivity index is 2.23. The number of nitrogens with zero attached hydrogens (tertiary/aromatic N) is 2. The van der Waals surface area contributed by atoms with Crippen molar-refractivity contribution < 1.29 is 18.0 Å². The maximum Gasteiger partial charge on any atom is 0.277 e. The van der Waals surface area contributed by atoms with E-state index in [1.807, 2.05) is 4.57 Å². The molecule has 240 valence electrons. The minimum absolute atomic E-state index is 0.0239. The number of halogens is 1. The zero-order chi connectivity index (χ0) is 32.4. The van der Waals surface area contributed by atoms with Gasteiger partial charge in [-0.3, -0.25) is 9.36 Å². The molecule has 3 heterocycles. The number of imidazole rings is 1. The van der Waals surface area contributed by atoms with Crippen LogP contribution in [0.1, 0.15) is 68.5 Å². The number of nitrogens with two attached hydrogens (primary N) is 1. The minimum atomic E-state index is -2.32. The van der Waals surface area contributed by atoms with E-state index in [2.05, 4.69) is 127 Å². The molecule has 0 aliphatic carbocycles. The number of hydrogen-bond donors (Lipinski definition) is 2. The quantitative estimate of drug-likeness (QED) is 0.270. The summed E-state index contributed by atoms with van der Waals surface area (Å²) in [5.74, 6) is 0.237. The molecule has 2 aromatic heterocycles. The lowest BCUT2D eigenvalue weighted by Gasteiger charge is -2.44. The van der Waals surface area contributed by atoms with Gasteiger partial charge in [-0.05, 0) is 70.3 Å². The zero-order valence-electron chi connectivity index (χ0n) is 28.5. The van der Waals surface area contributed by atoms with E-state index in [0.717, 1.165) is 0 Å². The molecule has 3 rings (SSSR count).